The number of aromatic nitrogens is 3. The summed E-state index contributed by atoms with van der Waals surface area (Å²) in [7, 11) is 0. The molecule has 0 aliphatic carbocycles. The first kappa shape index (κ1) is 11.6. The van der Waals surface area contributed by atoms with Crippen LogP contribution in [0.5, 0.6) is 0 Å². The van der Waals surface area contributed by atoms with E-state index in [1.807, 2.05) is 6.07 Å². The van der Waals surface area contributed by atoms with E-state index in [0.29, 0.717) is 11.4 Å². The third-order valence-corrected chi connectivity index (χ3v) is 2.61. The molecule has 0 radical (unpaired) electrons. The predicted octanol–water partition coefficient (Wildman–Crippen LogP) is 1.94. The zero-order valence-electron chi connectivity index (χ0n) is 8.88. The summed E-state index contributed by atoms with van der Waals surface area (Å²) in [6.45, 7) is 0. The van der Waals surface area contributed by atoms with E-state index in [2.05, 4.69) is 10.1 Å². The third kappa shape index (κ3) is 2.82. The topological polar surface area (TPSA) is 68.0 Å². The highest BCUT2D eigenvalue weighted by molar-refractivity contribution is 6.32. The standard InChI is InChI=1S/C11H10ClN3O2/c12-9-5-8(2-4-11(16)17)1-3-10(9)15-7-13-6-14-15/h1,3,5-7H,2,4H2,(H,16,17). The Hall–Kier alpha value is -1.88. The van der Waals surface area contributed by atoms with Gasteiger partial charge in [0.05, 0.1) is 10.7 Å². The van der Waals surface area contributed by atoms with E-state index >= 15 is 0 Å². The van der Waals surface area contributed by atoms with Crippen LogP contribution in [0.1, 0.15) is 12.0 Å². The summed E-state index contributed by atoms with van der Waals surface area (Å²) in [4.78, 5) is 14.3. The second-order valence-electron chi connectivity index (χ2n) is 3.52. The predicted molar refractivity (Wildman–Crippen MR) is 62.3 cm³/mol. The number of aliphatic carboxylic acids is 1. The van der Waals surface area contributed by atoms with Crippen LogP contribution in [0.3, 0.4) is 0 Å². The number of carboxylic acids is 1. The molecule has 0 atom stereocenters. The number of benzene rings is 1. The van der Waals surface area contributed by atoms with Crippen LogP contribution in [0.25, 0.3) is 5.69 Å². The van der Waals surface area contributed by atoms with Crippen LogP contribution in [0.4, 0.5) is 0 Å². The first-order valence-electron chi connectivity index (χ1n) is 5.02. The number of carboxylic acid groups (broad SMARTS) is 1. The van der Waals surface area contributed by atoms with Crippen molar-refractivity contribution in [1.82, 2.24) is 14.8 Å². The molecule has 0 fully saturated rings. The average molecular weight is 252 g/mol. The molecule has 1 N–H and O–H groups in total. The molecule has 88 valence electrons. The van der Waals surface area contributed by atoms with Gasteiger partial charge in [-0.25, -0.2) is 9.67 Å². The molecule has 0 spiro atoms. The van der Waals surface area contributed by atoms with E-state index in [4.69, 9.17) is 16.7 Å². The van der Waals surface area contributed by atoms with Crippen molar-refractivity contribution >= 4 is 17.6 Å². The van der Waals surface area contributed by atoms with Crippen molar-refractivity contribution < 1.29 is 9.90 Å². The van der Waals surface area contributed by atoms with Crippen molar-refractivity contribution in [3.05, 3.63) is 41.4 Å². The van der Waals surface area contributed by atoms with Gasteiger partial charge in [-0.3, -0.25) is 4.79 Å². The third-order valence-electron chi connectivity index (χ3n) is 2.31. The van der Waals surface area contributed by atoms with Gasteiger partial charge in [-0.15, -0.1) is 0 Å². The van der Waals surface area contributed by atoms with Gasteiger partial charge in [0.25, 0.3) is 0 Å². The van der Waals surface area contributed by atoms with Gasteiger partial charge in [0.15, 0.2) is 0 Å². The van der Waals surface area contributed by atoms with Crippen LogP contribution < -0.4 is 0 Å². The minimum absolute atomic E-state index is 0.0962. The molecule has 2 aromatic rings. The molecule has 0 aliphatic heterocycles. The Bertz CT molecular complexity index is 526. The molecule has 17 heavy (non-hydrogen) atoms. The SMILES string of the molecule is O=C(O)CCc1ccc(-n2cncn2)c(Cl)c1. The lowest BCUT2D eigenvalue weighted by molar-refractivity contribution is -0.136. The second-order valence-corrected chi connectivity index (χ2v) is 3.93. The molecule has 1 heterocycles. The van der Waals surface area contributed by atoms with Crippen molar-refractivity contribution in [3.63, 3.8) is 0 Å². The van der Waals surface area contributed by atoms with E-state index in [-0.39, 0.29) is 6.42 Å². The number of hydrogen-bond acceptors (Lipinski definition) is 3. The fraction of sp³-hybridized carbons (Fsp3) is 0.182. The van der Waals surface area contributed by atoms with E-state index in [1.54, 1.807) is 23.1 Å². The maximum atomic E-state index is 10.5. The summed E-state index contributed by atoms with van der Waals surface area (Å²) >= 11 is 6.10. The molecule has 0 saturated carbocycles. The summed E-state index contributed by atoms with van der Waals surface area (Å²) in [6.07, 6.45) is 3.54. The Morgan fingerprint density at radius 1 is 1.47 bits per heavy atom. The van der Waals surface area contributed by atoms with Gasteiger partial charge in [0.2, 0.25) is 0 Å². The Labute approximate surface area is 103 Å². The number of carbonyl (C=O) groups is 1. The second kappa shape index (κ2) is 4.97. The lowest BCUT2D eigenvalue weighted by atomic mass is 10.1. The Kier molecular flexibility index (Phi) is 3.39. The average Bonchev–Trinajstić information content (AvgIpc) is 2.79. The summed E-state index contributed by atoms with van der Waals surface area (Å²) in [5, 5.41) is 13.1. The number of nitrogens with zero attached hydrogens (tertiary/aromatic N) is 3. The highest BCUT2D eigenvalue weighted by atomic mass is 35.5. The van der Waals surface area contributed by atoms with Crippen LogP contribution in [-0.4, -0.2) is 25.8 Å². The minimum atomic E-state index is -0.818. The smallest absolute Gasteiger partial charge is 0.303 e. The van der Waals surface area contributed by atoms with Crippen molar-refractivity contribution in [3.8, 4) is 5.69 Å². The fourth-order valence-corrected chi connectivity index (χ4v) is 1.77. The molecule has 0 saturated heterocycles. The minimum Gasteiger partial charge on any atom is -0.481 e. The van der Waals surface area contributed by atoms with Crippen molar-refractivity contribution in [1.29, 1.82) is 0 Å². The van der Waals surface area contributed by atoms with E-state index < -0.39 is 5.97 Å². The molecule has 5 nitrogen and oxygen atoms in total. The Morgan fingerprint density at radius 2 is 2.29 bits per heavy atom. The van der Waals surface area contributed by atoms with Gasteiger partial charge in [-0.1, -0.05) is 17.7 Å². The highest BCUT2D eigenvalue weighted by Crippen LogP contribution is 2.21. The quantitative estimate of drug-likeness (QED) is 0.902. The molecule has 2 rings (SSSR count). The summed E-state index contributed by atoms with van der Waals surface area (Å²) in [5.74, 6) is -0.818. The zero-order chi connectivity index (χ0) is 12.3. The highest BCUT2D eigenvalue weighted by Gasteiger charge is 2.06. The first-order valence-corrected chi connectivity index (χ1v) is 5.40. The monoisotopic (exact) mass is 251 g/mol. The van der Waals surface area contributed by atoms with Crippen molar-refractivity contribution in [2.75, 3.05) is 0 Å². The molecule has 0 unspecified atom stereocenters. The van der Waals surface area contributed by atoms with Crippen LogP contribution in [0.15, 0.2) is 30.9 Å². The molecule has 0 bridgehead atoms. The van der Waals surface area contributed by atoms with Crippen molar-refractivity contribution in [2.45, 2.75) is 12.8 Å². The van der Waals surface area contributed by atoms with E-state index in [0.717, 1.165) is 11.3 Å². The van der Waals surface area contributed by atoms with Gasteiger partial charge >= 0.3 is 5.97 Å². The van der Waals surface area contributed by atoms with Gasteiger partial charge < -0.3 is 5.11 Å². The lowest BCUT2D eigenvalue weighted by Gasteiger charge is -2.05. The van der Waals surface area contributed by atoms with Crippen LogP contribution in [0, 0.1) is 0 Å². The molecular weight excluding hydrogens is 242 g/mol. The summed E-state index contributed by atoms with van der Waals surface area (Å²) in [5.41, 5.74) is 1.62. The summed E-state index contributed by atoms with van der Waals surface area (Å²) in [6, 6.07) is 5.39. The zero-order valence-corrected chi connectivity index (χ0v) is 9.63. The van der Waals surface area contributed by atoms with Gasteiger partial charge in [-0.05, 0) is 24.1 Å². The number of hydrogen-bond donors (Lipinski definition) is 1. The molecule has 6 heteroatoms. The summed E-state index contributed by atoms with van der Waals surface area (Å²) < 4.78 is 1.56. The Morgan fingerprint density at radius 3 is 2.88 bits per heavy atom. The fourth-order valence-electron chi connectivity index (χ4n) is 1.48. The molecule has 1 aromatic heterocycles. The van der Waals surface area contributed by atoms with Crippen LogP contribution >= 0.6 is 11.6 Å². The van der Waals surface area contributed by atoms with E-state index in [1.165, 1.54) is 6.33 Å². The molecular formula is C11H10ClN3O2. The largest absolute Gasteiger partial charge is 0.481 e. The van der Waals surface area contributed by atoms with E-state index in [9.17, 15) is 4.79 Å². The lowest BCUT2D eigenvalue weighted by Crippen LogP contribution is -1.99. The molecule has 0 amide bonds. The normalized spacial score (nSPS) is 10.4. The number of halogens is 1. The van der Waals surface area contributed by atoms with Crippen molar-refractivity contribution in [2.24, 2.45) is 0 Å². The van der Waals surface area contributed by atoms with Gasteiger partial charge in [0.1, 0.15) is 12.7 Å². The Balaban J connectivity index is 2.20. The number of rotatable bonds is 4. The number of aryl methyl sites for hydroxylation is 1. The van der Waals surface area contributed by atoms with Crippen LogP contribution in [-0.2, 0) is 11.2 Å². The van der Waals surface area contributed by atoms with Gasteiger partial charge in [0, 0.05) is 6.42 Å². The maximum absolute atomic E-state index is 10.5. The van der Waals surface area contributed by atoms with Gasteiger partial charge in [-0.2, -0.15) is 5.10 Å². The maximum Gasteiger partial charge on any atom is 0.303 e. The molecule has 0 aliphatic rings. The van der Waals surface area contributed by atoms with Crippen LogP contribution in [0.2, 0.25) is 5.02 Å². The molecule has 1 aromatic carbocycles. The first-order chi connectivity index (χ1) is 8.16.